The van der Waals surface area contributed by atoms with E-state index in [0.717, 1.165) is 55.2 Å². The minimum Gasteiger partial charge on any atom is -0.496 e. The SMILES string of the molecule is CC(C)(C)c1ccc(-c2ccccn2)[c-]c1Oc1[c-]c2c(cc1)c1ccccc1n1c3ccccc3nc21.[Pd+2]. The van der Waals surface area contributed by atoms with Crippen LogP contribution in [-0.4, -0.2) is 14.4 Å². The second-order valence-electron chi connectivity index (χ2n) is 10.6. The molecule has 0 spiro atoms. The summed E-state index contributed by atoms with van der Waals surface area (Å²) in [4.78, 5) is 9.52. The number of hydrogen-bond acceptors (Lipinski definition) is 3. The second-order valence-corrected chi connectivity index (χ2v) is 10.6. The van der Waals surface area contributed by atoms with E-state index in [1.54, 1.807) is 6.20 Å². The van der Waals surface area contributed by atoms with E-state index in [2.05, 4.69) is 103 Å². The zero-order valence-corrected chi connectivity index (χ0v) is 23.4. The van der Waals surface area contributed by atoms with E-state index in [1.165, 1.54) is 0 Å². The number of nitrogens with zero attached hydrogens (tertiary/aromatic N) is 3. The fourth-order valence-electron chi connectivity index (χ4n) is 5.20. The first kappa shape index (κ1) is 25.3. The molecule has 0 aliphatic carbocycles. The number of para-hydroxylation sites is 3. The van der Waals surface area contributed by atoms with Crippen LogP contribution in [0.5, 0.6) is 11.5 Å². The minimum absolute atomic E-state index is 0. The van der Waals surface area contributed by atoms with Crippen molar-refractivity contribution in [2.75, 3.05) is 0 Å². The van der Waals surface area contributed by atoms with Crippen molar-refractivity contribution >= 4 is 38.4 Å². The normalized spacial score (nSPS) is 11.8. The van der Waals surface area contributed by atoms with Gasteiger partial charge in [-0.05, 0) is 40.8 Å². The van der Waals surface area contributed by atoms with Gasteiger partial charge in [-0.3, -0.25) is 4.98 Å². The molecule has 3 aromatic heterocycles. The molecule has 0 aliphatic heterocycles. The molecule has 0 saturated heterocycles. The molecule has 0 saturated carbocycles. The summed E-state index contributed by atoms with van der Waals surface area (Å²) in [7, 11) is 0. The summed E-state index contributed by atoms with van der Waals surface area (Å²) < 4.78 is 8.79. The average Bonchev–Trinajstić information content (AvgIpc) is 3.33. The first-order valence-electron chi connectivity index (χ1n) is 12.8. The van der Waals surface area contributed by atoms with Crippen LogP contribution in [0.15, 0.2) is 97.2 Å². The Bertz CT molecular complexity index is 1990. The standard InChI is InChI=1S/C34H25N3O.Pd/c1-34(2,3)27-18-15-22(28-11-8-9-19-35-28)20-32(27)38-23-16-17-24-25-10-4-6-13-30(25)37-31-14-7-5-12-29(31)36-33(37)26(24)21-23;/h4-19H,1-3H3;/q-2;+2. The van der Waals surface area contributed by atoms with Gasteiger partial charge in [-0.15, -0.1) is 23.8 Å². The molecule has 0 amide bonds. The topological polar surface area (TPSA) is 39.4 Å². The molecule has 0 aliphatic rings. The third-order valence-electron chi connectivity index (χ3n) is 7.01. The van der Waals surface area contributed by atoms with Crippen LogP contribution >= 0.6 is 0 Å². The summed E-state index contributed by atoms with van der Waals surface area (Å²) >= 11 is 0. The number of imidazole rings is 1. The molecule has 4 nitrogen and oxygen atoms in total. The average molecular weight is 598 g/mol. The van der Waals surface area contributed by atoms with Crippen LogP contribution in [0.25, 0.3) is 49.6 Å². The third kappa shape index (κ3) is 4.29. The van der Waals surface area contributed by atoms with Crippen molar-refractivity contribution in [1.82, 2.24) is 14.4 Å². The van der Waals surface area contributed by atoms with Gasteiger partial charge in [-0.2, -0.15) is 0 Å². The Hall–Kier alpha value is -4.04. The Labute approximate surface area is 241 Å². The molecule has 192 valence electrons. The summed E-state index contributed by atoms with van der Waals surface area (Å²) in [6.45, 7) is 6.54. The van der Waals surface area contributed by atoms with Gasteiger partial charge in [0.15, 0.2) is 0 Å². The second kappa shape index (κ2) is 9.61. The molecule has 0 atom stereocenters. The monoisotopic (exact) mass is 597 g/mol. The Kier molecular flexibility index (Phi) is 6.22. The van der Waals surface area contributed by atoms with E-state index in [1.807, 2.05) is 30.3 Å². The van der Waals surface area contributed by atoms with Gasteiger partial charge in [0.2, 0.25) is 0 Å². The maximum atomic E-state index is 6.57. The first-order valence-corrected chi connectivity index (χ1v) is 12.8. The zero-order valence-electron chi connectivity index (χ0n) is 21.8. The molecule has 0 N–H and O–H groups in total. The quantitative estimate of drug-likeness (QED) is 0.116. The van der Waals surface area contributed by atoms with Crippen molar-refractivity contribution in [2.24, 2.45) is 0 Å². The molecule has 0 bridgehead atoms. The predicted octanol–water partition coefficient (Wildman–Crippen LogP) is 8.54. The van der Waals surface area contributed by atoms with Crippen molar-refractivity contribution in [1.29, 1.82) is 0 Å². The van der Waals surface area contributed by atoms with Crippen LogP contribution in [0, 0.1) is 12.1 Å². The van der Waals surface area contributed by atoms with E-state index < -0.39 is 0 Å². The number of benzene rings is 4. The molecule has 7 rings (SSSR count). The van der Waals surface area contributed by atoms with Crippen LogP contribution in [0.1, 0.15) is 26.3 Å². The fraction of sp³-hybridized carbons (Fsp3) is 0.118. The van der Waals surface area contributed by atoms with Gasteiger partial charge >= 0.3 is 20.4 Å². The first-order chi connectivity index (χ1) is 18.5. The summed E-state index contributed by atoms with van der Waals surface area (Å²) in [5, 5.41) is 3.17. The molecule has 3 heterocycles. The van der Waals surface area contributed by atoms with Gasteiger partial charge in [-0.25, -0.2) is 0 Å². The molecular formula is C34H25N3OPd. The molecule has 0 fully saturated rings. The molecular weight excluding hydrogens is 573 g/mol. The number of hydrogen-bond donors (Lipinski definition) is 0. The van der Waals surface area contributed by atoms with Crippen LogP contribution in [-0.2, 0) is 25.8 Å². The van der Waals surface area contributed by atoms with Gasteiger partial charge in [0.05, 0.1) is 16.7 Å². The van der Waals surface area contributed by atoms with E-state index in [9.17, 15) is 0 Å². The van der Waals surface area contributed by atoms with Crippen LogP contribution in [0.3, 0.4) is 0 Å². The smallest absolute Gasteiger partial charge is 0.496 e. The van der Waals surface area contributed by atoms with E-state index in [-0.39, 0.29) is 25.8 Å². The Morgan fingerprint density at radius 1 is 0.744 bits per heavy atom. The largest absolute Gasteiger partial charge is 2.00 e. The Morgan fingerprint density at radius 2 is 1.51 bits per heavy atom. The van der Waals surface area contributed by atoms with Crippen molar-refractivity contribution in [3.63, 3.8) is 0 Å². The van der Waals surface area contributed by atoms with E-state index >= 15 is 0 Å². The van der Waals surface area contributed by atoms with Crippen molar-refractivity contribution in [2.45, 2.75) is 26.2 Å². The maximum Gasteiger partial charge on any atom is 2.00 e. The van der Waals surface area contributed by atoms with Crippen molar-refractivity contribution < 1.29 is 25.2 Å². The van der Waals surface area contributed by atoms with Gasteiger partial charge in [0, 0.05) is 23.2 Å². The number of ether oxygens (including phenoxy) is 1. The van der Waals surface area contributed by atoms with Gasteiger partial charge in [-0.1, -0.05) is 97.8 Å². The van der Waals surface area contributed by atoms with Gasteiger partial charge in [0.1, 0.15) is 0 Å². The number of pyridine rings is 2. The Balaban J connectivity index is 0.00000277. The van der Waals surface area contributed by atoms with E-state index in [4.69, 9.17) is 9.72 Å². The summed E-state index contributed by atoms with van der Waals surface area (Å²) in [5.74, 6) is 1.31. The van der Waals surface area contributed by atoms with Crippen molar-refractivity contribution in [3.05, 3.63) is 115 Å². The molecule has 5 heteroatoms. The summed E-state index contributed by atoms with van der Waals surface area (Å²) in [5.41, 5.74) is 6.71. The molecule has 0 radical (unpaired) electrons. The number of fused-ring (bicyclic) bond motifs is 8. The molecule has 39 heavy (non-hydrogen) atoms. The zero-order chi connectivity index (χ0) is 25.9. The minimum atomic E-state index is -0.129. The van der Waals surface area contributed by atoms with Gasteiger partial charge < -0.3 is 14.1 Å². The van der Waals surface area contributed by atoms with Gasteiger partial charge in [0.25, 0.3) is 0 Å². The maximum absolute atomic E-state index is 6.57. The number of rotatable bonds is 3. The molecule has 7 aromatic rings. The van der Waals surface area contributed by atoms with E-state index in [0.29, 0.717) is 11.5 Å². The predicted molar refractivity (Wildman–Crippen MR) is 154 cm³/mol. The third-order valence-corrected chi connectivity index (χ3v) is 7.01. The summed E-state index contributed by atoms with van der Waals surface area (Å²) in [6, 6.07) is 37.9. The molecule has 4 aromatic carbocycles. The van der Waals surface area contributed by atoms with Crippen LogP contribution in [0.4, 0.5) is 0 Å². The fourth-order valence-corrected chi connectivity index (χ4v) is 5.20. The van der Waals surface area contributed by atoms with Crippen molar-refractivity contribution in [3.8, 4) is 22.8 Å². The van der Waals surface area contributed by atoms with Crippen LogP contribution in [0.2, 0.25) is 0 Å². The number of aromatic nitrogens is 3. The summed E-state index contributed by atoms with van der Waals surface area (Å²) in [6.07, 6.45) is 1.79. The van der Waals surface area contributed by atoms with Crippen LogP contribution < -0.4 is 4.74 Å². The molecule has 0 unspecified atom stereocenters. The Morgan fingerprint density at radius 3 is 2.31 bits per heavy atom.